The van der Waals surface area contributed by atoms with Gasteiger partial charge in [-0.05, 0) is 13.8 Å². The van der Waals surface area contributed by atoms with Crippen LogP contribution >= 0.6 is 0 Å². The molecule has 2 fully saturated rings. The fourth-order valence-corrected chi connectivity index (χ4v) is 5.07. The van der Waals surface area contributed by atoms with Crippen LogP contribution in [0.2, 0.25) is 0 Å². The van der Waals surface area contributed by atoms with Gasteiger partial charge in [-0.25, -0.2) is 8.42 Å². The van der Waals surface area contributed by atoms with E-state index in [2.05, 4.69) is 0 Å². The SMILES string of the molecule is CC1(C)[C@H](C(=O)[O-])N2C(=O)[C@@H](CC(=O)[O-])[C@H]2S1(=O)=O.[Na+].[Na+]. The fourth-order valence-electron chi connectivity index (χ4n) is 2.76. The van der Waals surface area contributed by atoms with Crippen molar-refractivity contribution in [2.75, 3.05) is 0 Å². The van der Waals surface area contributed by atoms with Crippen LogP contribution in [0, 0.1) is 5.92 Å². The number of nitrogens with zero attached hydrogens (tertiary/aromatic N) is 1. The van der Waals surface area contributed by atoms with Crippen LogP contribution in [0.3, 0.4) is 0 Å². The summed E-state index contributed by atoms with van der Waals surface area (Å²) in [6, 6.07) is -1.60. The minimum Gasteiger partial charge on any atom is -0.550 e. The first-order valence-corrected chi connectivity index (χ1v) is 7.04. The molecule has 106 valence electrons. The standard InChI is InChI=1S/C10H13NO7S.2Na/c1-10(2)6(9(15)16)11-7(14)4(3-5(12)13)8(11)19(10,17)18;;/h4,6,8H,3H2,1-2H3,(H,12,13)(H,15,16);;/q;2*+1/p-2/t4-,6+,8-;;/m1../s1. The van der Waals surface area contributed by atoms with Gasteiger partial charge in [0.05, 0.1) is 22.7 Å². The minimum atomic E-state index is -3.99. The van der Waals surface area contributed by atoms with E-state index in [-0.39, 0.29) is 59.1 Å². The van der Waals surface area contributed by atoms with Gasteiger partial charge in [-0.15, -0.1) is 0 Å². The van der Waals surface area contributed by atoms with Crippen molar-refractivity contribution in [3.05, 3.63) is 0 Å². The van der Waals surface area contributed by atoms with Crippen molar-refractivity contribution >= 4 is 27.7 Å². The first kappa shape index (κ1) is 21.4. The number of aliphatic carboxylic acids is 2. The topological polar surface area (TPSA) is 135 Å². The molecular weight excluding hydrogens is 324 g/mol. The summed E-state index contributed by atoms with van der Waals surface area (Å²) in [5, 5.41) is 20.2. The van der Waals surface area contributed by atoms with Gasteiger partial charge in [0.2, 0.25) is 5.91 Å². The molecule has 0 radical (unpaired) electrons. The van der Waals surface area contributed by atoms with Gasteiger partial charge < -0.3 is 24.7 Å². The number of amides is 1. The maximum atomic E-state index is 12.2. The number of rotatable bonds is 3. The number of carboxylic acids is 2. The van der Waals surface area contributed by atoms with Crippen molar-refractivity contribution in [3.8, 4) is 0 Å². The van der Waals surface area contributed by atoms with Crippen molar-refractivity contribution in [2.24, 2.45) is 5.92 Å². The molecule has 0 N–H and O–H groups in total. The van der Waals surface area contributed by atoms with Crippen molar-refractivity contribution in [3.63, 3.8) is 0 Å². The van der Waals surface area contributed by atoms with Crippen molar-refractivity contribution in [1.82, 2.24) is 4.90 Å². The summed E-state index contributed by atoms with van der Waals surface area (Å²) in [6.07, 6.45) is -0.741. The smallest absolute Gasteiger partial charge is 0.550 e. The number of hydrogen-bond donors (Lipinski definition) is 0. The van der Waals surface area contributed by atoms with Gasteiger partial charge >= 0.3 is 59.1 Å². The first-order valence-electron chi connectivity index (χ1n) is 5.49. The fraction of sp³-hybridized carbons (Fsp3) is 0.700. The Morgan fingerprint density at radius 1 is 1.24 bits per heavy atom. The van der Waals surface area contributed by atoms with Crippen molar-refractivity contribution in [2.45, 2.75) is 36.4 Å². The number of β-lactam (4-membered cyclic amide) rings is 1. The Morgan fingerprint density at radius 2 is 1.71 bits per heavy atom. The number of hydrogen-bond acceptors (Lipinski definition) is 7. The van der Waals surface area contributed by atoms with Gasteiger partial charge in [0.15, 0.2) is 9.84 Å². The van der Waals surface area contributed by atoms with E-state index >= 15 is 0 Å². The van der Waals surface area contributed by atoms with Gasteiger partial charge in [0.1, 0.15) is 5.37 Å². The molecule has 11 heteroatoms. The van der Waals surface area contributed by atoms with Gasteiger partial charge in [-0.1, -0.05) is 0 Å². The molecule has 0 saturated carbocycles. The number of carbonyl (C=O) groups is 3. The van der Waals surface area contributed by atoms with Crippen LogP contribution in [-0.4, -0.2) is 47.3 Å². The van der Waals surface area contributed by atoms with E-state index in [4.69, 9.17) is 0 Å². The second-order valence-corrected chi connectivity index (χ2v) is 7.81. The number of fused-ring (bicyclic) bond motifs is 1. The quantitative estimate of drug-likeness (QED) is 0.369. The summed E-state index contributed by atoms with van der Waals surface area (Å²) in [5.41, 5.74) is 0. The second-order valence-electron chi connectivity index (χ2n) is 5.19. The first-order chi connectivity index (χ1) is 8.53. The predicted octanol–water partition coefficient (Wildman–Crippen LogP) is -9.76. The number of sulfone groups is 1. The van der Waals surface area contributed by atoms with E-state index in [1.807, 2.05) is 0 Å². The molecule has 0 aliphatic carbocycles. The van der Waals surface area contributed by atoms with E-state index in [0.29, 0.717) is 4.90 Å². The summed E-state index contributed by atoms with van der Waals surface area (Å²) >= 11 is 0. The Kier molecular flexibility index (Phi) is 6.57. The molecule has 0 aromatic carbocycles. The Bertz CT molecular complexity index is 588. The summed E-state index contributed by atoms with van der Waals surface area (Å²) in [6.45, 7) is 2.37. The molecule has 2 rings (SSSR count). The maximum Gasteiger partial charge on any atom is 1.00 e. The Hall–Kier alpha value is 0.360. The summed E-state index contributed by atoms with van der Waals surface area (Å²) in [4.78, 5) is 34.0. The zero-order valence-electron chi connectivity index (χ0n) is 12.2. The molecule has 0 spiro atoms. The molecule has 3 atom stereocenters. The van der Waals surface area contributed by atoms with E-state index in [9.17, 15) is 33.0 Å². The van der Waals surface area contributed by atoms with E-state index in [1.165, 1.54) is 13.8 Å². The molecule has 0 aromatic heterocycles. The monoisotopic (exact) mass is 335 g/mol. The molecule has 1 amide bonds. The molecule has 2 saturated heterocycles. The summed E-state index contributed by atoms with van der Waals surface area (Å²) < 4.78 is 22.7. The van der Waals surface area contributed by atoms with Crippen LogP contribution in [0.5, 0.6) is 0 Å². The van der Waals surface area contributed by atoms with E-state index < -0.39 is 56.2 Å². The van der Waals surface area contributed by atoms with Crippen LogP contribution in [0.15, 0.2) is 0 Å². The molecule has 21 heavy (non-hydrogen) atoms. The van der Waals surface area contributed by atoms with Crippen LogP contribution in [0.4, 0.5) is 0 Å². The van der Waals surface area contributed by atoms with Gasteiger partial charge in [0.25, 0.3) is 0 Å². The molecule has 2 aliphatic heterocycles. The Labute approximate surface area is 165 Å². The average Bonchev–Trinajstić information content (AvgIpc) is 2.38. The number of carboxylic acid groups (broad SMARTS) is 2. The third-order valence-electron chi connectivity index (χ3n) is 3.79. The average molecular weight is 335 g/mol. The Morgan fingerprint density at radius 3 is 2.10 bits per heavy atom. The summed E-state index contributed by atoms with van der Waals surface area (Å²) in [5.74, 6) is -5.31. The third-order valence-corrected chi connectivity index (χ3v) is 6.67. The zero-order valence-corrected chi connectivity index (χ0v) is 17.0. The normalized spacial score (nSPS) is 31.2. The molecule has 2 aliphatic rings. The largest absolute Gasteiger partial charge is 1.00 e. The molecule has 8 nitrogen and oxygen atoms in total. The molecule has 2 heterocycles. The second kappa shape index (κ2) is 6.46. The maximum absolute atomic E-state index is 12.2. The van der Waals surface area contributed by atoms with Gasteiger partial charge in [-0.2, -0.15) is 0 Å². The van der Waals surface area contributed by atoms with Gasteiger partial charge in [-0.3, -0.25) is 4.79 Å². The van der Waals surface area contributed by atoms with Crippen molar-refractivity contribution < 1.29 is 92.1 Å². The predicted molar refractivity (Wildman–Crippen MR) is 55.5 cm³/mol. The van der Waals surface area contributed by atoms with E-state index in [1.54, 1.807) is 0 Å². The van der Waals surface area contributed by atoms with Crippen molar-refractivity contribution in [1.29, 1.82) is 0 Å². The number of carbonyl (C=O) groups excluding carboxylic acids is 3. The van der Waals surface area contributed by atoms with Crippen LogP contribution < -0.4 is 69.3 Å². The van der Waals surface area contributed by atoms with Crippen LogP contribution in [-0.2, 0) is 24.2 Å². The minimum absolute atomic E-state index is 0. The summed E-state index contributed by atoms with van der Waals surface area (Å²) in [7, 11) is -3.99. The Balaban J connectivity index is 0.00000200. The molecule has 0 unspecified atom stereocenters. The van der Waals surface area contributed by atoms with E-state index in [0.717, 1.165) is 0 Å². The van der Waals surface area contributed by atoms with Crippen LogP contribution in [0.1, 0.15) is 20.3 Å². The van der Waals surface area contributed by atoms with Gasteiger partial charge in [0, 0.05) is 12.4 Å². The molecular formula is C10H11NNa2O7S. The zero-order chi connectivity index (χ0) is 14.7. The third kappa shape index (κ3) is 2.82. The molecule has 0 aromatic rings. The van der Waals surface area contributed by atoms with Crippen LogP contribution in [0.25, 0.3) is 0 Å². The molecule has 0 bridgehead atoms.